The van der Waals surface area contributed by atoms with Crippen LogP contribution in [0.3, 0.4) is 0 Å². The monoisotopic (exact) mass is 276 g/mol. The van der Waals surface area contributed by atoms with Gasteiger partial charge in [0.1, 0.15) is 0 Å². The van der Waals surface area contributed by atoms with Crippen LogP contribution in [0.1, 0.15) is 0 Å². The Balaban J connectivity index is 3.02. The third kappa shape index (κ3) is 1.68. The van der Waals surface area contributed by atoms with Gasteiger partial charge in [-0.15, -0.1) is 11.6 Å². The first-order chi connectivity index (χ1) is 7.99. The van der Waals surface area contributed by atoms with Gasteiger partial charge in [-0.05, 0) is 11.6 Å². The Bertz CT molecular complexity index is 698. The highest BCUT2D eigenvalue weighted by Gasteiger charge is 2.17. The zero-order chi connectivity index (χ0) is 12.7. The van der Waals surface area contributed by atoms with Gasteiger partial charge in [0.15, 0.2) is 11.2 Å². The lowest BCUT2D eigenvalue weighted by Gasteiger charge is -2.05. The lowest BCUT2D eigenvalue weighted by atomic mass is 10.5. The van der Waals surface area contributed by atoms with Crippen LogP contribution in [0.5, 0.6) is 0 Å². The predicted octanol–water partition coefficient (Wildman–Crippen LogP) is 0.326. The van der Waals surface area contributed by atoms with E-state index in [1.54, 1.807) is 7.05 Å². The van der Waals surface area contributed by atoms with Crippen molar-refractivity contribution in [2.45, 2.75) is 6.54 Å². The first-order valence-corrected chi connectivity index (χ1v) is 5.78. The summed E-state index contributed by atoms with van der Waals surface area (Å²) in [7, 11) is 2.95. The number of hydrogen-bond acceptors (Lipinski definition) is 3. The van der Waals surface area contributed by atoms with Crippen molar-refractivity contribution in [2.75, 3.05) is 5.88 Å². The first-order valence-electron chi connectivity index (χ1n) is 4.86. The number of hydrogen-bond donors (Lipinski definition) is 0. The molecular weight excluding hydrogens is 267 g/mol. The Morgan fingerprint density at radius 3 is 2.47 bits per heavy atom. The standard InChI is InChI=1S/C9H10Cl2N4O2/c1-13-6-5(7(16)14(2)9(13)17)15(4-3-10)8(11)12-6/h3-4H2,1-2H3. The van der Waals surface area contributed by atoms with E-state index in [2.05, 4.69) is 4.98 Å². The van der Waals surface area contributed by atoms with E-state index in [0.717, 1.165) is 4.57 Å². The highest BCUT2D eigenvalue weighted by atomic mass is 35.5. The molecule has 0 amide bonds. The van der Waals surface area contributed by atoms with Crippen LogP contribution in [0.25, 0.3) is 11.2 Å². The number of alkyl halides is 1. The Morgan fingerprint density at radius 1 is 1.24 bits per heavy atom. The number of nitrogens with zero attached hydrogens (tertiary/aromatic N) is 4. The van der Waals surface area contributed by atoms with Crippen LogP contribution >= 0.6 is 23.2 Å². The van der Waals surface area contributed by atoms with Crippen molar-refractivity contribution in [2.24, 2.45) is 14.1 Å². The van der Waals surface area contributed by atoms with Crippen molar-refractivity contribution >= 4 is 34.4 Å². The average molecular weight is 277 g/mol. The van der Waals surface area contributed by atoms with Crippen molar-refractivity contribution in [1.82, 2.24) is 18.7 Å². The van der Waals surface area contributed by atoms with E-state index in [1.807, 2.05) is 0 Å². The summed E-state index contributed by atoms with van der Waals surface area (Å²) in [5, 5.41) is 0.152. The second kappa shape index (κ2) is 4.19. The Kier molecular flexibility index (Phi) is 3.01. The molecule has 0 atom stereocenters. The number of imidazole rings is 1. The Labute approximate surface area is 106 Å². The largest absolute Gasteiger partial charge is 0.332 e. The molecule has 0 aliphatic heterocycles. The number of fused-ring (bicyclic) bond motifs is 1. The molecule has 8 heteroatoms. The van der Waals surface area contributed by atoms with E-state index < -0.39 is 11.2 Å². The molecule has 0 spiro atoms. The van der Waals surface area contributed by atoms with Gasteiger partial charge in [0.25, 0.3) is 5.56 Å². The van der Waals surface area contributed by atoms with E-state index in [1.165, 1.54) is 16.2 Å². The van der Waals surface area contributed by atoms with Gasteiger partial charge in [0, 0.05) is 26.5 Å². The number of aryl methyl sites for hydroxylation is 2. The fourth-order valence-electron chi connectivity index (χ4n) is 1.71. The summed E-state index contributed by atoms with van der Waals surface area (Å²) in [5.74, 6) is 0.303. The molecule has 17 heavy (non-hydrogen) atoms. The zero-order valence-corrected chi connectivity index (χ0v) is 10.8. The Hall–Kier alpha value is -1.27. The molecule has 0 aliphatic carbocycles. The molecule has 2 aromatic heterocycles. The minimum Gasteiger partial charge on any atom is -0.308 e. The van der Waals surface area contributed by atoms with Crippen LogP contribution in [0.15, 0.2) is 9.59 Å². The van der Waals surface area contributed by atoms with Crippen molar-refractivity contribution in [3.8, 4) is 0 Å². The molecule has 2 rings (SSSR count). The van der Waals surface area contributed by atoms with Crippen LogP contribution in [-0.4, -0.2) is 24.6 Å². The maximum Gasteiger partial charge on any atom is 0.332 e. The van der Waals surface area contributed by atoms with Gasteiger partial charge in [-0.2, -0.15) is 4.98 Å². The van der Waals surface area contributed by atoms with Crippen LogP contribution in [-0.2, 0) is 20.6 Å². The Morgan fingerprint density at radius 2 is 1.88 bits per heavy atom. The fraction of sp³-hybridized carbons (Fsp3) is 0.444. The van der Waals surface area contributed by atoms with Crippen LogP contribution < -0.4 is 11.2 Å². The fourth-order valence-corrected chi connectivity index (χ4v) is 2.13. The van der Waals surface area contributed by atoms with Gasteiger partial charge < -0.3 is 4.57 Å². The molecule has 92 valence electrons. The first kappa shape index (κ1) is 12.2. The van der Waals surface area contributed by atoms with Crippen LogP contribution in [0, 0.1) is 0 Å². The third-order valence-corrected chi connectivity index (χ3v) is 3.07. The van der Waals surface area contributed by atoms with Gasteiger partial charge in [0.05, 0.1) is 0 Å². The molecule has 6 nitrogen and oxygen atoms in total. The second-order valence-corrected chi connectivity index (χ2v) is 4.32. The molecule has 0 saturated heterocycles. The molecule has 0 saturated carbocycles. The zero-order valence-electron chi connectivity index (χ0n) is 9.28. The summed E-state index contributed by atoms with van der Waals surface area (Å²) in [6, 6.07) is 0. The summed E-state index contributed by atoms with van der Waals surface area (Å²) in [6.45, 7) is 0.365. The van der Waals surface area contributed by atoms with Crippen molar-refractivity contribution < 1.29 is 0 Å². The second-order valence-electron chi connectivity index (χ2n) is 3.60. The van der Waals surface area contributed by atoms with E-state index in [4.69, 9.17) is 23.2 Å². The number of aromatic nitrogens is 4. The quantitative estimate of drug-likeness (QED) is 0.587. The minimum absolute atomic E-state index is 0.152. The molecule has 0 N–H and O–H groups in total. The summed E-state index contributed by atoms with van der Waals surface area (Å²) in [6.07, 6.45) is 0. The lowest BCUT2D eigenvalue weighted by Crippen LogP contribution is -2.37. The van der Waals surface area contributed by atoms with E-state index in [9.17, 15) is 9.59 Å². The minimum atomic E-state index is -0.435. The average Bonchev–Trinajstić information content (AvgIpc) is 2.62. The van der Waals surface area contributed by atoms with Crippen molar-refractivity contribution in [1.29, 1.82) is 0 Å². The molecule has 0 radical (unpaired) electrons. The molecule has 0 fully saturated rings. The smallest absolute Gasteiger partial charge is 0.308 e. The summed E-state index contributed by atoms with van der Waals surface area (Å²) in [4.78, 5) is 27.7. The van der Waals surface area contributed by atoms with Crippen molar-refractivity contribution in [3.05, 3.63) is 26.1 Å². The van der Waals surface area contributed by atoms with E-state index in [-0.39, 0.29) is 10.9 Å². The molecule has 2 heterocycles. The maximum absolute atomic E-state index is 12.0. The van der Waals surface area contributed by atoms with Gasteiger partial charge in [-0.1, -0.05) is 0 Å². The molecular formula is C9H10Cl2N4O2. The van der Waals surface area contributed by atoms with Gasteiger partial charge in [-0.3, -0.25) is 13.9 Å². The van der Waals surface area contributed by atoms with E-state index in [0.29, 0.717) is 17.9 Å². The molecule has 2 aromatic rings. The molecule has 0 aromatic carbocycles. The van der Waals surface area contributed by atoms with Crippen molar-refractivity contribution in [3.63, 3.8) is 0 Å². The highest BCUT2D eigenvalue weighted by molar-refractivity contribution is 6.29. The predicted molar refractivity (Wildman–Crippen MR) is 65.9 cm³/mol. The van der Waals surface area contributed by atoms with Gasteiger partial charge in [-0.25, -0.2) is 4.79 Å². The lowest BCUT2D eigenvalue weighted by molar-refractivity contribution is 0.700. The van der Waals surface area contributed by atoms with Crippen LogP contribution in [0.2, 0.25) is 5.28 Å². The molecule has 0 aliphatic rings. The SMILES string of the molecule is Cn1c(=O)c2c(nc(Cl)n2CCCl)n(C)c1=O. The van der Waals surface area contributed by atoms with Crippen LogP contribution in [0.4, 0.5) is 0 Å². The van der Waals surface area contributed by atoms with Gasteiger partial charge >= 0.3 is 5.69 Å². The number of halogens is 2. The maximum atomic E-state index is 12.0. The normalized spacial score (nSPS) is 11.3. The molecule has 0 unspecified atom stereocenters. The van der Waals surface area contributed by atoms with E-state index >= 15 is 0 Å². The molecule has 0 bridgehead atoms. The third-order valence-electron chi connectivity index (χ3n) is 2.61. The topological polar surface area (TPSA) is 61.8 Å². The highest BCUT2D eigenvalue weighted by Crippen LogP contribution is 2.15. The summed E-state index contributed by atoms with van der Waals surface area (Å²) in [5.41, 5.74) is -0.296. The number of rotatable bonds is 2. The summed E-state index contributed by atoms with van der Waals surface area (Å²) < 4.78 is 3.81. The summed E-state index contributed by atoms with van der Waals surface area (Å²) >= 11 is 11.6. The van der Waals surface area contributed by atoms with Gasteiger partial charge in [0.2, 0.25) is 5.28 Å².